The summed E-state index contributed by atoms with van der Waals surface area (Å²) in [7, 11) is -1.69. The summed E-state index contributed by atoms with van der Waals surface area (Å²) in [6, 6.07) is 0. The van der Waals surface area contributed by atoms with Gasteiger partial charge in [-0.3, -0.25) is 0 Å². The van der Waals surface area contributed by atoms with Gasteiger partial charge in [-0.15, -0.1) is 0 Å². The smallest absolute Gasteiger partial charge is 0.195 e. The van der Waals surface area contributed by atoms with E-state index in [2.05, 4.69) is 46.0 Å². The topological polar surface area (TPSA) is 18.5 Å². The number of rotatable bonds is 2. The molecule has 1 rings (SSSR count). The highest BCUT2D eigenvalue weighted by Crippen LogP contribution is 2.37. The molecule has 1 heterocycles. The predicted octanol–water partition coefficient (Wildman–Crippen LogP) is 3.70. The van der Waals surface area contributed by atoms with Gasteiger partial charge in [0, 0.05) is 0 Å². The first kappa shape index (κ1) is 12.9. The first-order valence-corrected chi connectivity index (χ1v) is 8.70. The molecule has 0 aliphatic carbocycles. The molecular formula is C12H24O2Si. The molecule has 0 fully saturated rings. The van der Waals surface area contributed by atoms with Gasteiger partial charge in [-0.1, -0.05) is 26.8 Å². The molecule has 0 aromatic rings. The molecule has 1 unspecified atom stereocenters. The van der Waals surface area contributed by atoms with Gasteiger partial charge in [-0.05, 0) is 37.0 Å². The summed E-state index contributed by atoms with van der Waals surface area (Å²) in [6.45, 7) is 12.1. The lowest BCUT2D eigenvalue weighted by atomic mass is 10.2. The third kappa shape index (κ3) is 3.74. The third-order valence-corrected chi connectivity index (χ3v) is 7.74. The van der Waals surface area contributed by atoms with E-state index in [-0.39, 0.29) is 11.3 Å². The fourth-order valence-corrected chi connectivity index (χ4v) is 2.28. The normalized spacial score (nSPS) is 23.9. The second kappa shape index (κ2) is 4.81. The van der Waals surface area contributed by atoms with E-state index >= 15 is 0 Å². The number of ether oxygens (including phenoxy) is 1. The lowest BCUT2D eigenvalue weighted by molar-refractivity contribution is -0.0520. The van der Waals surface area contributed by atoms with Crippen molar-refractivity contribution < 1.29 is 9.16 Å². The van der Waals surface area contributed by atoms with Gasteiger partial charge in [0.15, 0.2) is 14.6 Å². The molecule has 0 radical (unpaired) electrons. The van der Waals surface area contributed by atoms with Gasteiger partial charge < -0.3 is 9.16 Å². The second-order valence-electron chi connectivity index (χ2n) is 5.69. The van der Waals surface area contributed by atoms with Gasteiger partial charge in [0.05, 0.1) is 6.61 Å². The van der Waals surface area contributed by atoms with Crippen LogP contribution < -0.4 is 0 Å². The first-order valence-electron chi connectivity index (χ1n) is 5.79. The molecule has 0 amide bonds. The van der Waals surface area contributed by atoms with Crippen LogP contribution in [0.15, 0.2) is 12.2 Å². The highest BCUT2D eigenvalue weighted by Gasteiger charge is 2.39. The molecule has 0 saturated heterocycles. The summed E-state index contributed by atoms with van der Waals surface area (Å²) in [4.78, 5) is 0. The Morgan fingerprint density at radius 1 is 1.33 bits per heavy atom. The van der Waals surface area contributed by atoms with E-state index in [9.17, 15) is 0 Å². The summed E-state index contributed by atoms with van der Waals surface area (Å²) in [5.74, 6) is 0. The Balaban J connectivity index is 2.59. The summed E-state index contributed by atoms with van der Waals surface area (Å²) >= 11 is 0. The highest BCUT2D eigenvalue weighted by atomic mass is 28.4. The van der Waals surface area contributed by atoms with Crippen LogP contribution in [0.1, 0.15) is 33.6 Å². The van der Waals surface area contributed by atoms with Gasteiger partial charge in [-0.2, -0.15) is 0 Å². The zero-order valence-corrected chi connectivity index (χ0v) is 11.7. The minimum Gasteiger partial charge on any atom is -0.389 e. The highest BCUT2D eigenvalue weighted by molar-refractivity contribution is 6.74. The Morgan fingerprint density at radius 3 is 2.60 bits per heavy atom. The monoisotopic (exact) mass is 228 g/mol. The van der Waals surface area contributed by atoms with Crippen molar-refractivity contribution in [3.8, 4) is 0 Å². The molecule has 15 heavy (non-hydrogen) atoms. The predicted molar refractivity (Wildman–Crippen MR) is 66.4 cm³/mol. The van der Waals surface area contributed by atoms with Crippen molar-refractivity contribution in [3.63, 3.8) is 0 Å². The molecule has 1 aliphatic rings. The van der Waals surface area contributed by atoms with Crippen molar-refractivity contribution in [2.45, 2.75) is 58.0 Å². The van der Waals surface area contributed by atoms with E-state index < -0.39 is 8.32 Å². The number of allylic oxidation sites excluding steroid dienone is 1. The maximum atomic E-state index is 6.15. The SMILES string of the molecule is CC(C)(C)[Si](C)(C)OC1C=CCCCO1. The molecule has 0 spiro atoms. The largest absolute Gasteiger partial charge is 0.389 e. The molecule has 0 aromatic carbocycles. The summed E-state index contributed by atoms with van der Waals surface area (Å²) in [5, 5.41) is 0.247. The molecule has 0 N–H and O–H groups in total. The van der Waals surface area contributed by atoms with Crippen LogP contribution in [0.5, 0.6) is 0 Å². The minimum atomic E-state index is -1.69. The average molecular weight is 228 g/mol. The molecule has 1 atom stereocenters. The van der Waals surface area contributed by atoms with E-state index in [4.69, 9.17) is 9.16 Å². The van der Waals surface area contributed by atoms with Crippen LogP contribution >= 0.6 is 0 Å². The van der Waals surface area contributed by atoms with Crippen molar-refractivity contribution in [2.24, 2.45) is 0 Å². The lowest BCUT2D eigenvalue weighted by Crippen LogP contribution is -2.44. The van der Waals surface area contributed by atoms with Gasteiger partial charge in [-0.25, -0.2) is 0 Å². The van der Waals surface area contributed by atoms with Crippen molar-refractivity contribution in [1.29, 1.82) is 0 Å². The molecular weight excluding hydrogens is 204 g/mol. The zero-order chi connectivity index (χ0) is 11.5. The summed E-state index contributed by atoms with van der Waals surface area (Å²) < 4.78 is 11.8. The van der Waals surface area contributed by atoms with E-state index in [1.54, 1.807) is 0 Å². The molecule has 1 aliphatic heterocycles. The van der Waals surface area contributed by atoms with E-state index in [1.807, 2.05) is 0 Å². The number of hydrogen-bond donors (Lipinski definition) is 0. The van der Waals surface area contributed by atoms with Crippen molar-refractivity contribution in [3.05, 3.63) is 12.2 Å². The van der Waals surface area contributed by atoms with E-state index in [0.717, 1.165) is 19.4 Å². The maximum absolute atomic E-state index is 6.15. The van der Waals surface area contributed by atoms with Crippen LogP contribution in [0.3, 0.4) is 0 Å². The van der Waals surface area contributed by atoms with Crippen molar-refractivity contribution in [2.75, 3.05) is 6.61 Å². The third-order valence-electron chi connectivity index (χ3n) is 3.31. The molecule has 0 saturated carbocycles. The van der Waals surface area contributed by atoms with Gasteiger partial charge in [0.2, 0.25) is 0 Å². The molecule has 3 heteroatoms. The van der Waals surface area contributed by atoms with E-state index in [0.29, 0.717) is 0 Å². The first-order chi connectivity index (χ1) is 6.83. The average Bonchev–Trinajstić information content (AvgIpc) is 2.30. The Hall–Kier alpha value is -0.123. The summed E-state index contributed by atoms with van der Waals surface area (Å²) in [6.07, 6.45) is 6.33. The van der Waals surface area contributed by atoms with Gasteiger partial charge >= 0.3 is 0 Å². The van der Waals surface area contributed by atoms with E-state index in [1.165, 1.54) is 0 Å². The van der Waals surface area contributed by atoms with Crippen LogP contribution in [0.4, 0.5) is 0 Å². The van der Waals surface area contributed by atoms with Crippen molar-refractivity contribution >= 4 is 8.32 Å². The maximum Gasteiger partial charge on any atom is 0.195 e. The Morgan fingerprint density at radius 2 is 2.00 bits per heavy atom. The molecule has 0 aromatic heterocycles. The number of hydrogen-bond acceptors (Lipinski definition) is 2. The van der Waals surface area contributed by atoms with Crippen molar-refractivity contribution in [1.82, 2.24) is 0 Å². The zero-order valence-electron chi connectivity index (χ0n) is 10.7. The lowest BCUT2D eigenvalue weighted by Gasteiger charge is -2.38. The molecule has 2 nitrogen and oxygen atoms in total. The Labute approximate surface area is 94.8 Å². The van der Waals surface area contributed by atoms with Gasteiger partial charge in [0.1, 0.15) is 0 Å². The Kier molecular flexibility index (Phi) is 4.15. The minimum absolute atomic E-state index is 0.117. The second-order valence-corrected chi connectivity index (χ2v) is 10.4. The van der Waals surface area contributed by atoms with Crippen LogP contribution in [0, 0.1) is 0 Å². The Bertz CT molecular complexity index is 228. The van der Waals surface area contributed by atoms with Crippen LogP contribution in [0.2, 0.25) is 18.1 Å². The van der Waals surface area contributed by atoms with Crippen LogP contribution in [-0.4, -0.2) is 21.2 Å². The standard InChI is InChI=1S/C12H24O2Si/c1-12(2,3)15(4,5)14-11-9-7-6-8-10-13-11/h7,9,11H,6,8,10H2,1-5H3. The quantitative estimate of drug-likeness (QED) is 0.530. The molecule has 0 bridgehead atoms. The summed E-state index contributed by atoms with van der Waals surface area (Å²) in [5.41, 5.74) is 0. The fourth-order valence-electron chi connectivity index (χ4n) is 1.20. The molecule has 88 valence electrons. The van der Waals surface area contributed by atoms with Gasteiger partial charge in [0.25, 0.3) is 0 Å². The van der Waals surface area contributed by atoms with Crippen LogP contribution in [0.25, 0.3) is 0 Å². The fraction of sp³-hybridized carbons (Fsp3) is 0.833. The van der Waals surface area contributed by atoms with Crippen LogP contribution in [-0.2, 0) is 9.16 Å².